The molecular weight excluding hydrogens is 521 g/mol. The molecule has 2 N–H and O–H groups in total. The first-order valence-corrected chi connectivity index (χ1v) is 10.8. The van der Waals surface area contributed by atoms with Gasteiger partial charge in [-0.15, -0.1) is 24.0 Å². The van der Waals surface area contributed by atoms with E-state index in [2.05, 4.69) is 34.9 Å². The molecule has 32 heavy (non-hydrogen) atoms. The third-order valence-electron chi connectivity index (χ3n) is 5.09. The molecule has 176 valence electrons. The molecule has 2 aromatic carbocycles. The molecule has 7 nitrogen and oxygen atoms in total. The average molecular weight is 555 g/mol. The van der Waals surface area contributed by atoms with E-state index in [1.807, 2.05) is 25.1 Å². The van der Waals surface area contributed by atoms with Crippen molar-refractivity contribution in [3.8, 4) is 11.5 Å². The first-order valence-electron chi connectivity index (χ1n) is 10.8. The Balaban J connectivity index is 0.00000363. The van der Waals surface area contributed by atoms with Gasteiger partial charge in [0.15, 0.2) is 17.5 Å². The van der Waals surface area contributed by atoms with Crippen LogP contribution in [0.25, 0.3) is 0 Å². The largest absolute Gasteiger partial charge is 0.493 e. The molecule has 0 amide bonds. The van der Waals surface area contributed by atoms with Crippen LogP contribution in [-0.2, 0) is 22.6 Å². The third-order valence-corrected chi connectivity index (χ3v) is 5.09. The van der Waals surface area contributed by atoms with Crippen molar-refractivity contribution >= 4 is 35.6 Å². The quantitative estimate of drug-likeness (QED) is 0.268. The number of rotatable bonds is 9. The van der Waals surface area contributed by atoms with E-state index in [4.69, 9.17) is 23.9 Å². The number of halogens is 1. The maximum absolute atomic E-state index is 5.99. The smallest absolute Gasteiger partial charge is 0.196 e. The van der Waals surface area contributed by atoms with Crippen LogP contribution in [0.15, 0.2) is 47.5 Å². The van der Waals surface area contributed by atoms with E-state index in [1.165, 1.54) is 5.56 Å². The maximum Gasteiger partial charge on any atom is 0.196 e. The Hall–Kier alpha value is -2.04. The minimum atomic E-state index is 0. The first kappa shape index (κ1) is 26.2. The summed E-state index contributed by atoms with van der Waals surface area (Å²) in [5, 5.41) is 6.59. The van der Waals surface area contributed by atoms with Crippen LogP contribution in [0.1, 0.15) is 30.9 Å². The fourth-order valence-electron chi connectivity index (χ4n) is 3.33. The number of anilines is 1. The van der Waals surface area contributed by atoms with Crippen molar-refractivity contribution in [2.24, 2.45) is 4.99 Å². The highest BCUT2D eigenvalue weighted by molar-refractivity contribution is 14.0. The van der Waals surface area contributed by atoms with Gasteiger partial charge >= 0.3 is 0 Å². The molecule has 1 heterocycles. The van der Waals surface area contributed by atoms with E-state index >= 15 is 0 Å². The van der Waals surface area contributed by atoms with E-state index in [-0.39, 0.29) is 24.0 Å². The fourth-order valence-corrected chi connectivity index (χ4v) is 3.33. The maximum atomic E-state index is 5.99. The van der Waals surface area contributed by atoms with E-state index in [0.29, 0.717) is 36.7 Å². The fraction of sp³-hybridized carbons (Fsp3) is 0.458. The van der Waals surface area contributed by atoms with Crippen LogP contribution in [0.2, 0.25) is 0 Å². The Bertz CT molecular complexity index is 840. The van der Waals surface area contributed by atoms with E-state index in [0.717, 1.165) is 43.9 Å². The van der Waals surface area contributed by atoms with Gasteiger partial charge in [-0.2, -0.15) is 0 Å². The van der Waals surface area contributed by atoms with Gasteiger partial charge in [0.25, 0.3) is 0 Å². The summed E-state index contributed by atoms with van der Waals surface area (Å²) in [6.07, 6.45) is 2.27. The number of methoxy groups -OCH3 is 2. The molecule has 3 rings (SSSR count). The van der Waals surface area contributed by atoms with Crippen molar-refractivity contribution in [2.75, 3.05) is 39.3 Å². The molecule has 1 saturated heterocycles. The molecule has 0 saturated carbocycles. The summed E-state index contributed by atoms with van der Waals surface area (Å²) >= 11 is 0. The number of benzene rings is 2. The van der Waals surface area contributed by atoms with Crippen molar-refractivity contribution in [2.45, 2.75) is 39.0 Å². The Labute approximate surface area is 207 Å². The highest BCUT2D eigenvalue weighted by Crippen LogP contribution is 2.29. The van der Waals surface area contributed by atoms with E-state index in [9.17, 15) is 0 Å². The SMILES string of the molecule is CCNC(=NCc1ccc(COC2CCOCC2)cc1)Nc1ccc(OC)c(OC)c1.I. The number of guanidine groups is 1. The van der Waals surface area contributed by atoms with Gasteiger partial charge < -0.3 is 29.6 Å². The highest BCUT2D eigenvalue weighted by atomic mass is 127. The van der Waals surface area contributed by atoms with Crippen LogP contribution in [0.4, 0.5) is 5.69 Å². The summed E-state index contributed by atoms with van der Waals surface area (Å²) in [6, 6.07) is 14.1. The van der Waals surface area contributed by atoms with Gasteiger partial charge in [-0.1, -0.05) is 24.3 Å². The molecule has 2 aromatic rings. The number of aliphatic imine (C=N–C) groups is 1. The van der Waals surface area contributed by atoms with Crippen molar-refractivity contribution in [1.82, 2.24) is 5.32 Å². The zero-order valence-electron chi connectivity index (χ0n) is 19.1. The lowest BCUT2D eigenvalue weighted by atomic mass is 10.1. The number of nitrogens with one attached hydrogen (secondary N) is 2. The normalized spacial score (nSPS) is 14.4. The summed E-state index contributed by atoms with van der Waals surface area (Å²) in [5.74, 6) is 2.07. The second-order valence-corrected chi connectivity index (χ2v) is 7.33. The molecular formula is C24H34IN3O4. The summed E-state index contributed by atoms with van der Waals surface area (Å²) in [5.41, 5.74) is 3.19. The lowest BCUT2D eigenvalue weighted by molar-refractivity contribution is -0.0390. The molecule has 0 aromatic heterocycles. The van der Waals surface area contributed by atoms with Gasteiger partial charge in [-0.3, -0.25) is 0 Å². The Morgan fingerprint density at radius 2 is 1.69 bits per heavy atom. The molecule has 0 aliphatic carbocycles. The monoisotopic (exact) mass is 555 g/mol. The Kier molecular flexibility index (Phi) is 11.6. The van der Waals surface area contributed by atoms with Gasteiger partial charge in [0.2, 0.25) is 0 Å². The lowest BCUT2D eigenvalue weighted by Crippen LogP contribution is -2.30. The number of hydrogen-bond acceptors (Lipinski definition) is 5. The molecule has 0 bridgehead atoms. The van der Waals surface area contributed by atoms with Gasteiger partial charge in [-0.05, 0) is 43.0 Å². The van der Waals surface area contributed by atoms with Gasteiger partial charge in [0.05, 0.1) is 33.5 Å². The standard InChI is InChI=1S/C24H33N3O4.HI/c1-4-25-24(27-20-9-10-22(28-2)23(15-20)29-3)26-16-18-5-7-19(8-6-18)17-31-21-11-13-30-14-12-21;/h5-10,15,21H,4,11-14,16-17H2,1-3H3,(H2,25,26,27);1H. The number of ether oxygens (including phenoxy) is 4. The molecule has 8 heteroatoms. The van der Waals surface area contributed by atoms with Crippen molar-refractivity contribution < 1.29 is 18.9 Å². The van der Waals surface area contributed by atoms with Gasteiger partial charge in [-0.25, -0.2) is 4.99 Å². The van der Waals surface area contributed by atoms with Crippen LogP contribution in [0.3, 0.4) is 0 Å². The van der Waals surface area contributed by atoms with Crippen LogP contribution in [0.5, 0.6) is 11.5 Å². The van der Waals surface area contributed by atoms with Crippen LogP contribution in [0, 0.1) is 0 Å². The number of nitrogens with zero attached hydrogens (tertiary/aromatic N) is 1. The van der Waals surface area contributed by atoms with Gasteiger partial charge in [0, 0.05) is 31.5 Å². The van der Waals surface area contributed by atoms with Crippen LogP contribution in [-0.4, -0.2) is 46.0 Å². The molecule has 0 radical (unpaired) electrons. The molecule has 1 aliphatic heterocycles. The minimum absolute atomic E-state index is 0. The summed E-state index contributed by atoms with van der Waals surface area (Å²) in [6.45, 7) is 5.61. The Morgan fingerprint density at radius 1 is 1.00 bits per heavy atom. The molecule has 1 aliphatic rings. The first-order chi connectivity index (χ1) is 15.2. The lowest BCUT2D eigenvalue weighted by Gasteiger charge is -2.22. The van der Waals surface area contributed by atoms with Crippen LogP contribution < -0.4 is 20.1 Å². The third kappa shape index (κ3) is 8.14. The second-order valence-electron chi connectivity index (χ2n) is 7.33. The summed E-state index contributed by atoms with van der Waals surface area (Å²) in [7, 11) is 3.25. The molecule has 0 unspecified atom stereocenters. The molecule has 0 atom stereocenters. The zero-order valence-corrected chi connectivity index (χ0v) is 21.4. The van der Waals surface area contributed by atoms with Crippen LogP contribution >= 0.6 is 24.0 Å². The van der Waals surface area contributed by atoms with E-state index < -0.39 is 0 Å². The van der Waals surface area contributed by atoms with E-state index in [1.54, 1.807) is 14.2 Å². The Morgan fingerprint density at radius 3 is 2.34 bits per heavy atom. The topological polar surface area (TPSA) is 73.3 Å². The van der Waals surface area contributed by atoms with Gasteiger partial charge in [0.1, 0.15) is 0 Å². The summed E-state index contributed by atoms with van der Waals surface area (Å²) < 4.78 is 22.0. The minimum Gasteiger partial charge on any atom is -0.493 e. The predicted octanol–water partition coefficient (Wildman–Crippen LogP) is 4.60. The average Bonchev–Trinajstić information content (AvgIpc) is 2.82. The van der Waals surface area contributed by atoms with Crippen molar-refractivity contribution in [3.05, 3.63) is 53.6 Å². The molecule has 0 spiro atoms. The number of hydrogen-bond donors (Lipinski definition) is 2. The zero-order chi connectivity index (χ0) is 21.9. The predicted molar refractivity (Wildman–Crippen MR) is 138 cm³/mol. The summed E-state index contributed by atoms with van der Waals surface area (Å²) in [4.78, 5) is 4.70. The second kappa shape index (κ2) is 14.2. The highest BCUT2D eigenvalue weighted by Gasteiger charge is 2.14. The van der Waals surface area contributed by atoms with Crippen molar-refractivity contribution in [3.63, 3.8) is 0 Å². The molecule has 1 fully saturated rings. The van der Waals surface area contributed by atoms with Crippen molar-refractivity contribution in [1.29, 1.82) is 0 Å².